The van der Waals surface area contributed by atoms with Crippen molar-refractivity contribution in [3.63, 3.8) is 0 Å². The molecule has 1 N–H and O–H groups in total. The summed E-state index contributed by atoms with van der Waals surface area (Å²) < 4.78 is 32.8. The van der Waals surface area contributed by atoms with Crippen LogP contribution in [0.25, 0.3) is 10.9 Å². The number of aromatic carboxylic acids is 1. The van der Waals surface area contributed by atoms with Crippen LogP contribution in [0.5, 0.6) is 5.75 Å². The normalized spacial score (nSPS) is 13.6. The van der Waals surface area contributed by atoms with Gasteiger partial charge in [-0.05, 0) is 54.4 Å². The fourth-order valence-corrected chi connectivity index (χ4v) is 5.19. The molecule has 0 spiro atoms. The van der Waals surface area contributed by atoms with Crippen LogP contribution in [0.4, 0.5) is 5.82 Å². The number of pyridine rings is 1. The molecule has 0 unspecified atom stereocenters. The molecular formula is C19H15ClN2O5S. The number of sulfonamides is 1. The smallest absolute Gasteiger partial charge is 0.335 e. The zero-order valence-electron chi connectivity index (χ0n) is 14.7. The van der Waals surface area contributed by atoms with E-state index < -0.39 is 16.0 Å². The molecule has 0 fully saturated rings. The Bertz CT molecular complexity index is 1230. The van der Waals surface area contributed by atoms with Gasteiger partial charge in [0.1, 0.15) is 16.5 Å². The second-order valence-electron chi connectivity index (χ2n) is 6.31. The maximum atomic E-state index is 13.2. The number of benzene rings is 2. The highest BCUT2D eigenvalue weighted by Gasteiger charge is 2.34. The highest BCUT2D eigenvalue weighted by Crippen LogP contribution is 2.36. The van der Waals surface area contributed by atoms with Crippen LogP contribution in [0.3, 0.4) is 0 Å². The second-order valence-corrected chi connectivity index (χ2v) is 8.55. The summed E-state index contributed by atoms with van der Waals surface area (Å²) in [5.74, 6) is -0.212. The Morgan fingerprint density at radius 3 is 2.71 bits per heavy atom. The molecule has 2 heterocycles. The molecule has 9 heteroatoms. The number of anilines is 1. The summed E-state index contributed by atoms with van der Waals surface area (Å²) in [6, 6.07) is 10.9. The van der Waals surface area contributed by atoms with Crippen LogP contribution in [0.2, 0.25) is 5.02 Å². The SMILES string of the molecule is COc1ccc2nc3c(cc2c1)CCN3S(=O)(=O)c1cc(C(=O)O)ccc1Cl. The van der Waals surface area contributed by atoms with Crippen molar-refractivity contribution in [2.24, 2.45) is 0 Å². The Morgan fingerprint density at radius 1 is 1.21 bits per heavy atom. The maximum Gasteiger partial charge on any atom is 0.335 e. The van der Waals surface area contributed by atoms with E-state index in [1.165, 1.54) is 16.4 Å². The van der Waals surface area contributed by atoms with Gasteiger partial charge in [-0.3, -0.25) is 0 Å². The number of hydrogen-bond acceptors (Lipinski definition) is 5. The minimum atomic E-state index is -4.07. The van der Waals surface area contributed by atoms with Crippen LogP contribution in [-0.4, -0.2) is 38.1 Å². The molecule has 0 radical (unpaired) electrons. The van der Waals surface area contributed by atoms with Crippen molar-refractivity contribution < 1.29 is 23.1 Å². The average molecular weight is 419 g/mol. The molecule has 7 nitrogen and oxygen atoms in total. The molecule has 28 heavy (non-hydrogen) atoms. The first-order valence-corrected chi connectivity index (χ1v) is 10.2. The monoisotopic (exact) mass is 418 g/mol. The third kappa shape index (κ3) is 2.94. The van der Waals surface area contributed by atoms with Gasteiger partial charge in [-0.1, -0.05) is 11.6 Å². The summed E-state index contributed by atoms with van der Waals surface area (Å²) in [6.07, 6.45) is 0.491. The molecule has 0 amide bonds. The molecule has 1 aliphatic rings. The summed E-state index contributed by atoms with van der Waals surface area (Å²) in [5.41, 5.74) is 1.27. The lowest BCUT2D eigenvalue weighted by molar-refractivity contribution is 0.0696. The molecule has 0 saturated carbocycles. The molecule has 0 bridgehead atoms. The quantitative estimate of drug-likeness (QED) is 0.697. The van der Waals surface area contributed by atoms with Crippen molar-refractivity contribution in [2.75, 3.05) is 18.0 Å². The predicted molar refractivity (Wildman–Crippen MR) is 105 cm³/mol. The first-order valence-electron chi connectivity index (χ1n) is 8.34. The van der Waals surface area contributed by atoms with Gasteiger partial charge < -0.3 is 9.84 Å². The van der Waals surface area contributed by atoms with Gasteiger partial charge in [0.05, 0.1) is 23.2 Å². The van der Waals surface area contributed by atoms with Crippen LogP contribution in [0, 0.1) is 0 Å². The van der Waals surface area contributed by atoms with Crippen molar-refractivity contribution in [1.29, 1.82) is 0 Å². The Balaban J connectivity index is 1.83. The predicted octanol–water partition coefficient (Wildman–Crippen LogP) is 3.35. The first-order chi connectivity index (χ1) is 13.3. The third-order valence-corrected chi connectivity index (χ3v) is 6.92. The van der Waals surface area contributed by atoms with E-state index in [9.17, 15) is 18.3 Å². The van der Waals surface area contributed by atoms with Crippen molar-refractivity contribution in [3.05, 3.63) is 58.6 Å². The number of fused-ring (bicyclic) bond motifs is 2. The molecule has 3 aromatic rings. The standard InChI is InChI=1S/C19H15ClN2O5S/c1-27-14-3-5-16-13(9-14)8-11-6-7-22(18(11)21-16)28(25,26)17-10-12(19(23)24)2-4-15(17)20/h2-5,8-10H,6-7H2,1H3,(H,23,24). The number of halogens is 1. The number of hydrogen-bond donors (Lipinski definition) is 1. The lowest BCUT2D eigenvalue weighted by atomic mass is 10.1. The lowest BCUT2D eigenvalue weighted by Gasteiger charge is -2.20. The summed E-state index contributed by atoms with van der Waals surface area (Å²) >= 11 is 6.09. The van der Waals surface area contributed by atoms with Gasteiger partial charge in [-0.2, -0.15) is 0 Å². The van der Waals surface area contributed by atoms with Crippen LogP contribution >= 0.6 is 11.6 Å². The molecule has 4 rings (SSSR count). The van der Waals surface area contributed by atoms with Gasteiger partial charge in [0.2, 0.25) is 0 Å². The van der Waals surface area contributed by atoms with Crippen LogP contribution in [0.15, 0.2) is 47.4 Å². The zero-order valence-corrected chi connectivity index (χ0v) is 16.3. The molecule has 0 aliphatic carbocycles. The minimum Gasteiger partial charge on any atom is -0.497 e. The number of aromatic nitrogens is 1. The van der Waals surface area contributed by atoms with Crippen LogP contribution in [0.1, 0.15) is 15.9 Å². The minimum absolute atomic E-state index is 0.0380. The number of carboxylic acid groups (broad SMARTS) is 1. The van der Waals surface area contributed by atoms with E-state index in [4.69, 9.17) is 16.3 Å². The van der Waals surface area contributed by atoms with Crippen molar-refractivity contribution >= 4 is 44.3 Å². The van der Waals surface area contributed by atoms with E-state index in [1.54, 1.807) is 19.2 Å². The Labute approximate surface area is 166 Å². The fourth-order valence-electron chi connectivity index (χ4n) is 3.23. The van der Waals surface area contributed by atoms with Crippen molar-refractivity contribution in [2.45, 2.75) is 11.3 Å². The lowest BCUT2D eigenvalue weighted by Crippen LogP contribution is -2.30. The fraction of sp³-hybridized carbons (Fsp3) is 0.158. The molecule has 0 atom stereocenters. The summed E-state index contributed by atoms with van der Waals surface area (Å²) in [4.78, 5) is 15.5. The van der Waals surface area contributed by atoms with E-state index in [0.29, 0.717) is 23.5 Å². The largest absolute Gasteiger partial charge is 0.497 e. The molecular weight excluding hydrogens is 404 g/mol. The number of nitrogens with zero attached hydrogens (tertiary/aromatic N) is 2. The van der Waals surface area contributed by atoms with Crippen LogP contribution in [-0.2, 0) is 16.4 Å². The number of carbonyl (C=O) groups is 1. The highest BCUT2D eigenvalue weighted by molar-refractivity contribution is 7.93. The maximum absolute atomic E-state index is 13.2. The van der Waals surface area contributed by atoms with E-state index in [1.807, 2.05) is 12.1 Å². The summed E-state index contributed by atoms with van der Waals surface area (Å²) in [6.45, 7) is 0.200. The number of methoxy groups -OCH3 is 1. The molecule has 1 aliphatic heterocycles. The topological polar surface area (TPSA) is 96.8 Å². The van der Waals surface area contributed by atoms with Gasteiger partial charge in [0.15, 0.2) is 0 Å². The van der Waals surface area contributed by atoms with Gasteiger partial charge >= 0.3 is 5.97 Å². The highest BCUT2D eigenvalue weighted by atomic mass is 35.5. The Morgan fingerprint density at radius 2 is 2.00 bits per heavy atom. The summed E-state index contributed by atoms with van der Waals surface area (Å²) in [5, 5.41) is 9.99. The first kappa shape index (κ1) is 18.5. The summed E-state index contributed by atoms with van der Waals surface area (Å²) in [7, 11) is -2.49. The Kier molecular flexibility index (Phi) is 4.40. The van der Waals surface area contributed by atoms with E-state index in [-0.39, 0.29) is 22.0 Å². The average Bonchev–Trinajstić information content (AvgIpc) is 3.09. The van der Waals surface area contributed by atoms with Crippen LogP contribution < -0.4 is 9.04 Å². The van der Waals surface area contributed by atoms with Gasteiger partial charge in [-0.15, -0.1) is 0 Å². The van der Waals surface area contributed by atoms with Gasteiger partial charge in [0.25, 0.3) is 10.0 Å². The number of rotatable bonds is 4. The molecule has 2 aromatic carbocycles. The molecule has 1 aromatic heterocycles. The molecule has 0 saturated heterocycles. The van der Waals surface area contributed by atoms with E-state index >= 15 is 0 Å². The van der Waals surface area contributed by atoms with E-state index in [2.05, 4.69) is 4.98 Å². The Hall–Kier alpha value is -2.84. The van der Waals surface area contributed by atoms with Gasteiger partial charge in [-0.25, -0.2) is 22.5 Å². The zero-order chi connectivity index (χ0) is 20.1. The molecule has 144 valence electrons. The second kappa shape index (κ2) is 6.65. The third-order valence-electron chi connectivity index (χ3n) is 4.64. The number of carboxylic acids is 1. The van der Waals surface area contributed by atoms with Gasteiger partial charge in [0, 0.05) is 11.9 Å². The van der Waals surface area contributed by atoms with E-state index in [0.717, 1.165) is 17.0 Å². The number of ether oxygens (including phenoxy) is 1. The van der Waals surface area contributed by atoms with Crippen molar-refractivity contribution in [3.8, 4) is 5.75 Å². The van der Waals surface area contributed by atoms with Crippen molar-refractivity contribution in [1.82, 2.24) is 4.98 Å².